The highest BCUT2D eigenvalue weighted by molar-refractivity contribution is 5.75. The monoisotopic (exact) mass is 328 g/mol. The maximum atomic E-state index is 4.03. The Hall–Kier alpha value is -2.34. The highest BCUT2D eigenvalue weighted by atomic mass is 14.2. The van der Waals surface area contributed by atoms with E-state index in [2.05, 4.69) is 82.0 Å². The molecule has 128 valence electrons. The third-order valence-electron chi connectivity index (χ3n) is 5.23. The number of aryl methyl sites for hydroxylation is 2. The topological polar surface area (TPSA) is 0 Å². The molecule has 2 aromatic rings. The molecule has 0 fully saturated rings. The Labute approximate surface area is 152 Å². The first-order valence-corrected chi connectivity index (χ1v) is 9.33. The van der Waals surface area contributed by atoms with Crippen LogP contribution in [0.1, 0.15) is 59.6 Å². The average Bonchev–Trinajstić information content (AvgIpc) is 2.63. The molecule has 0 saturated carbocycles. The van der Waals surface area contributed by atoms with Gasteiger partial charge in [0.1, 0.15) is 0 Å². The van der Waals surface area contributed by atoms with Gasteiger partial charge in [0.25, 0.3) is 0 Å². The molecule has 0 radical (unpaired) electrons. The van der Waals surface area contributed by atoms with Gasteiger partial charge in [-0.15, -0.1) is 0 Å². The Kier molecular flexibility index (Phi) is 5.38. The fourth-order valence-corrected chi connectivity index (χ4v) is 3.63. The van der Waals surface area contributed by atoms with Crippen molar-refractivity contribution >= 4 is 11.6 Å². The quantitative estimate of drug-likeness (QED) is 0.573. The van der Waals surface area contributed by atoms with Gasteiger partial charge in [0.15, 0.2) is 0 Å². The molecule has 1 atom stereocenters. The molecule has 0 bridgehead atoms. The van der Waals surface area contributed by atoms with Crippen LogP contribution in [0.3, 0.4) is 0 Å². The van der Waals surface area contributed by atoms with Gasteiger partial charge in [-0.2, -0.15) is 0 Å². The van der Waals surface area contributed by atoms with Crippen LogP contribution in [0.4, 0.5) is 0 Å². The molecule has 0 aliphatic heterocycles. The van der Waals surface area contributed by atoms with Crippen LogP contribution >= 0.6 is 0 Å². The largest absolute Gasteiger partial charge is 0.0985 e. The first kappa shape index (κ1) is 17.5. The molecular weight excluding hydrogens is 300 g/mol. The predicted octanol–water partition coefficient (Wildman–Crippen LogP) is 6.89. The smallest absolute Gasteiger partial charge is 0.00197 e. The van der Waals surface area contributed by atoms with Gasteiger partial charge in [0, 0.05) is 0 Å². The van der Waals surface area contributed by atoms with Gasteiger partial charge in [-0.25, -0.2) is 0 Å². The minimum absolute atomic E-state index is 0.539. The van der Waals surface area contributed by atoms with E-state index >= 15 is 0 Å². The minimum atomic E-state index is 0.539. The van der Waals surface area contributed by atoms with E-state index in [0.29, 0.717) is 5.92 Å². The summed E-state index contributed by atoms with van der Waals surface area (Å²) in [5.74, 6) is 0.539. The fraction of sp³-hybridized carbons (Fsp3) is 0.280. The van der Waals surface area contributed by atoms with E-state index in [1.807, 2.05) is 6.08 Å². The summed E-state index contributed by atoms with van der Waals surface area (Å²) in [6.45, 7) is 10.7. The van der Waals surface area contributed by atoms with Crippen molar-refractivity contribution in [1.82, 2.24) is 0 Å². The third-order valence-corrected chi connectivity index (χ3v) is 5.23. The molecular formula is C25H28. The second-order valence-electron chi connectivity index (χ2n) is 7.12. The van der Waals surface area contributed by atoms with E-state index in [-0.39, 0.29) is 0 Å². The summed E-state index contributed by atoms with van der Waals surface area (Å²) in [5.41, 5.74) is 9.62. The normalized spacial score (nSPS) is 20.0. The lowest BCUT2D eigenvalue weighted by Gasteiger charge is -2.22. The lowest BCUT2D eigenvalue weighted by atomic mass is 9.82. The van der Waals surface area contributed by atoms with Gasteiger partial charge >= 0.3 is 0 Å². The van der Waals surface area contributed by atoms with Crippen LogP contribution < -0.4 is 0 Å². The number of rotatable bonds is 4. The molecule has 1 aliphatic carbocycles. The Bertz CT molecular complexity index is 816. The number of fused-ring (bicyclic) bond motifs is 1. The maximum Gasteiger partial charge on any atom is -0.00197 e. The Morgan fingerprint density at radius 3 is 2.60 bits per heavy atom. The summed E-state index contributed by atoms with van der Waals surface area (Å²) in [5, 5.41) is 0. The van der Waals surface area contributed by atoms with Crippen LogP contribution in [0.15, 0.2) is 61.2 Å². The highest BCUT2D eigenvalue weighted by Crippen LogP contribution is 2.34. The van der Waals surface area contributed by atoms with Crippen LogP contribution in [0.25, 0.3) is 11.6 Å². The van der Waals surface area contributed by atoms with E-state index < -0.39 is 0 Å². The highest BCUT2D eigenvalue weighted by Gasteiger charge is 2.17. The van der Waals surface area contributed by atoms with Crippen molar-refractivity contribution in [2.75, 3.05) is 0 Å². The summed E-state index contributed by atoms with van der Waals surface area (Å²) in [7, 11) is 0. The summed E-state index contributed by atoms with van der Waals surface area (Å²) in [6.07, 6.45) is 11.9. The SMILES string of the molecule is C=Cc1cc2c(cc1CC)C(C)C/C=C/C=C\2Cc1ccc(C)cc1. The van der Waals surface area contributed by atoms with Crippen LogP contribution in [-0.2, 0) is 12.8 Å². The first-order chi connectivity index (χ1) is 12.1. The van der Waals surface area contributed by atoms with Crippen molar-refractivity contribution in [3.63, 3.8) is 0 Å². The van der Waals surface area contributed by atoms with Crippen molar-refractivity contribution in [2.24, 2.45) is 0 Å². The standard InChI is InChI=1S/C25H28/c1-5-21-16-24-19(4)9-7-8-10-23(25(24)17-22(21)6-2)15-20-13-11-18(3)12-14-20/h6-8,10-14,16-17,19H,2,5,9,15H2,1,3-4H3/b8-7+,23-10-. The van der Waals surface area contributed by atoms with Gasteiger partial charge in [-0.05, 0) is 71.6 Å². The zero-order valence-corrected chi connectivity index (χ0v) is 15.7. The van der Waals surface area contributed by atoms with Crippen LogP contribution in [0.5, 0.6) is 0 Å². The van der Waals surface area contributed by atoms with E-state index in [0.717, 1.165) is 19.3 Å². The molecule has 1 aliphatic rings. The Morgan fingerprint density at radius 2 is 1.92 bits per heavy atom. The third kappa shape index (κ3) is 3.85. The van der Waals surface area contributed by atoms with Crippen molar-refractivity contribution in [2.45, 2.75) is 46.0 Å². The van der Waals surface area contributed by atoms with Crippen molar-refractivity contribution in [3.05, 3.63) is 94.6 Å². The van der Waals surface area contributed by atoms with Crippen LogP contribution in [0.2, 0.25) is 0 Å². The van der Waals surface area contributed by atoms with Crippen LogP contribution in [-0.4, -0.2) is 0 Å². The number of benzene rings is 2. The van der Waals surface area contributed by atoms with Crippen molar-refractivity contribution in [3.8, 4) is 0 Å². The van der Waals surface area contributed by atoms with Gasteiger partial charge in [-0.1, -0.05) is 80.6 Å². The molecule has 0 aromatic heterocycles. The molecule has 0 heteroatoms. The molecule has 3 rings (SSSR count). The molecule has 2 aromatic carbocycles. The van der Waals surface area contributed by atoms with Gasteiger partial charge in [0.2, 0.25) is 0 Å². The van der Waals surface area contributed by atoms with Crippen molar-refractivity contribution in [1.29, 1.82) is 0 Å². The fourth-order valence-electron chi connectivity index (χ4n) is 3.63. The molecule has 1 unspecified atom stereocenters. The summed E-state index contributed by atoms with van der Waals surface area (Å²) in [4.78, 5) is 0. The Balaban J connectivity index is 2.10. The molecule has 0 spiro atoms. The number of hydrogen-bond acceptors (Lipinski definition) is 0. The second-order valence-corrected chi connectivity index (χ2v) is 7.12. The molecule has 0 amide bonds. The van der Waals surface area contributed by atoms with Crippen LogP contribution in [0, 0.1) is 6.92 Å². The van der Waals surface area contributed by atoms with Gasteiger partial charge < -0.3 is 0 Å². The maximum absolute atomic E-state index is 4.03. The zero-order valence-electron chi connectivity index (χ0n) is 15.7. The van der Waals surface area contributed by atoms with Gasteiger partial charge in [0.05, 0.1) is 0 Å². The van der Waals surface area contributed by atoms with E-state index in [1.165, 1.54) is 39.0 Å². The number of hydrogen-bond donors (Lipinski definition) is 0. The summed E-state index contributed by atoms with van der Waals surface area (Å²) in [6, 6.07) is 13.7. The number of allylic oxidation sites excluding steroid dienone is 4. The summed E-state index contributed by atoms with van der Waals surface area (Å²) < 4.78 is 0. The molecule has 0 N–H and O–H groups in total. The summed E-state index contributed by atoms with van der Waals surface area (Å²) >= 11 is 0. The second kappa shape index (κ2) is 7.70. The van der Waals surface area contributed by atoms with E-state index in [1.54, 1.807) is 0 Å². The molecule has 0 heterocycles. The first-order valence-electron chi connectivity index (χ1n) is 9.33. The molecule has 0 nitrogen and oxygen atoms in total. The molecule has 0 saturated heterocycles. The lowest BCUT2D eigenvalue weighted by Crippen LogP contribution is -2.05. The Morgan fingerprint density at radius 1 is 1.16 bits per heavy atom. The lowest BCUT2D eigenvalue weighted by molar-refractivity contribution is 0.773. The average molecular weight is 328 g/mol. The zero-order chi connectivity index (χ0) is 17.8. The minimum Gasteiger partial charge on any atom is -0.0985 e. The van der Waals surface area contributed by atoms with E-state index in [9.17, 15) is 0 Å². The van der Waals surface area contributed by atoms with Crippen molar-refractivity contribution < 1.29 is 0 Å². The molecule has 25 heavy (non-hydrogen) atoms. The van der Waals surface area contributed by atoms with Gasteiger partial charge in [-0.3, -0.25) is 0 Å². The van der Waals surface area contributed by atoms with E-state index in [4.69, 9.17) is 0 Å². The predicted molar refractivity (Wildman–Crippen MR) is 111 cm³/mol.